The van der Waals surface area contributed by atoms with E-state index in [0.717, 1.165) is 5.56 Å². The first-order valence-corrected chi connectivity index (χ1v) is 4.97. The maximum Gasteiger partial charge on any atom is 0.245 e. The van der Waals surface area contributed by atoms with Crippen molar-refractivity contribution in [2.45, 2.75) is 20.3 Å². The van der Waals surface area contributed by atoms with E-state index in [-0.39, 0.29) is 5.91 Å². The van der Waals surface area contributed by atoms with E-state index >= 15 is 0 Å². The second-order valence-electron chi connectivity index (χ2n) is 3.12. The third kappa shape index (κ3) is 4.40. The highest BCUT2D eigenvalue weighted by atomic mass is 16.5. The number of hydrogen-bond acceptors (Lipinski definition) is 2. The number of carbonyl (C=O) groups is 1. The van der Waals surface area contributed by atoms with Gasteiger partial charge in [0.25, 0.3) is 0 Å². The van der Waals surface area contributed by atoms with Crippen LogP contribution in [0.25, 0.3) is 0 Å². The summed E-state index contributed by atoms with van der Waals surface area (Å²) in [5.74, 6) is 0.255. The first-order chi connectivity index (χ1) is 7.22. The van der Waals surface area contributed by atoms with E-state index in [0.29, 0.717) is 18.9 Å². The van der Waals surface area contributed by atoms with E-state index in [2.05, 4.69) is 4.99 Å². The molecule has 1 aromatic rings. The van der Waals surface area contributed by atoms with Gasteiger partial charge in [-0.25, -0.2) is 0 Å². The highest BCUT2D eigenvalue weighted by Crippen LogP contribution is 2.02. The molecule has 1 aromatic carbocycles. The van der Waals surface area contributed by atoms with Crippen LogP contribution in [0.2, 0.25) is 0 Å². The van der Waals surface area contributed by atoms with Gasteiger partial charge in [0.15, 0.2) is 5.90 Å². The zero-order valence-corrected chi connectivity index (χ0v) is 9.06. The van der Waals surface area contributed by atoms with E-state index in [1.165, 1.54) is 6.92 Å². The molecule has 0 aliphatic carbocycles. The fourth-order valence-electron chi connectivity index (χ4n) is 1.24. The summed E-state index contributed by atoms with van der Waals surface area (Å²) < 4.78 is 5.29. The molecule has 0 radical (unpaired) electrons. The molecule has 0 atom stereocenters. The van der Waals surface area contributed by atoms with Gasteiger partial charge in [0, 0.05) is 13.3 Å². The van der Waals surface area contributed by atoms with Crippen molar-refractivity contribution in [1.82, 2.24) is 0 Å². The molecular formula is C12H15NO2. The van der Waals surface area contributed by atoms with Crippen LogP contribution in [0.5, 0.6) is 0 Å². The first kappa shape index (κ1) is 11.4. The van der Waals surface area contributed by atoms with Crippen molar-refractivity contribution >= 4 is 11.8 Å². The molecule has 0 unspecified atom stereocenters. The van der Waals surface area contributed by atoms with E-state index in [9.17, 15) is 4.79 Å². The predicted octanol–water partition coefficient (Wildman–Crippen LogP) is 2.21. The van der Waals surface area contributed by atoms with E-state index < -0.39 is 0 Å². The summed E-state index contributed by atoms with van der Waals surface area (Å²) in [6.07, 6.45) is 0.564. The van der Waals surface area contributed by atoms with E-state index in [1.807, 2.05) is 37.3 Å². The maximum atomic E-state index is 10.9. The standard InChI is InChI=1S/C12H15NO2/c1-3-15-12(13-10(2)14)9-11-7-5-4-6-8-11/h4-8H,3,9H2,1-2H3. The highest BCUT2D eigenvalue weighted by molar-refractivity contribution is 5.91. The van der Waals surface area contributed by atoms with Crippen molar-refractivity contribution in [1.29, 1.82) is 0 Å². The van der Waals surface area contributed by atoms with Crippen LogP contribution in [0, 0.1) is 0 Å². The summed E-state index contributed by atoms with van der Waals surface area (Å²) in [6.45, 7) is 3.82. The number of hydrogen-bond donors (Lipinski definition) is 0. The zero-order chi connectivity index (χ0) is 11.1. The molecular weight excluding hydrogens is 190 g/mol. The van der Waals surface area contributed by atoms with Crippen molar-refractivity contribution in [2.75, 3.05) is 6.61 Å². The topological polar surface area (TPSA) is 38.7 Å². The van der Waals surface area contributed by atoms with Crippen LogP contribution < -0.4 is 0 Å². The van der Waals surface area contributed by atoms with Crippen LogP contribution in [0.1, 0.15) is 19.4 Å². The number of aliphatic imine (C=N–C) groups is 1. The lowest BCUT2D eigenvalue weighted by Crippen LogP contribution is -2.10. The number of benzene rings is 1. The second-order valence-corrected chi connectivity index (χ2v) is 3.12. The Bertz CT molecular complexity index is 344. The summed E-state index contributed by atoms with van der Waals surface area (Å²) in [6, 6.07) is 9.81. The molecule has 0 aliphatic rings. The molecule has 0 saturated carbocycles. The Morgan fingerprint density at radius 1 is 1.33 bits per heavy atom. The minimum absolute atomic E-state index is 0.227. The number of ether oxygens (including phenoxy) is 1. The van der Waals surface area contributed by atoms with E-state index in [1.54, 1.807) is 0 Å². The van der Waals surface area contributed by atoms with Crippen LogP contribution in [-0.2, 0) is 16.0 Å². The molecule has 0 aliphatic heterocycles. The Hall–Kier alpha value is -1.64. The maximum absolute atomic E-state index is 10.9. The van der Waals surface area contributed by atoms with Gasteiger partial charge in [-0.15, -0.1) is 0 Å². The Kier molecular flexibility index (Phi) is 4.54. The van der Waals surface area contributed by atoms with Crippen LogP contribution in [-0.4, -0.2) is 18.4 Å². The van der Waals surface area contributed by atoms with Gasteiger partial charge in [-0.3, -0.25) is 4.79 Å². The Morgan fingerprint density at radius 2 is 2.00 bits per heavy atom. The third-order valence-corrected chi connectivity index (χ3v) is 1.79. The average molecular weight is 205 g/mol. The predicted molar refractivity (Wildman–Crippen MR) is 59.9 cm³/mol. The third-order valence-electron chi connectivity index (χ3n) is 1.79. The van der Waals surface area contributed by atoms with Crippen molar-refractivity contribution in [3.63, 3.8) is 0 Å². The molecule has 0 N–H and O–H groups in total. The SMILES string of the molecule is CCOC(Cc1ccccc1)=NC(C)=O. The van der Waals surface area contributed by atoms with Crippen LogP contribution in [0.3, 0.4) is 0 Å². The Balaban J connectivity index is 2.71. The molecule has 0 saturated heterocycles. The average Bonchev–Trinajstić information content (AvgIpc) is 2.18. The second kappa shape index (κ2) is 5.96. The molecule has 80 valence electrons. The van der Waals surface area contributed by atoms with Gasteiger partial charge >= 0.3 is 0 Å². The summed E-state index contributed by atoms with van der Waals surface area (Å²) in [4.78, 5) is 14.7. The Labute approximate surface area is 89.8 Å². The highest BCUT2D eigenvalue weighted by Gasteiger charge is 2.02. The fourth-order valence-corrected chi connectivity index (χ4v) is 1.24. The molecule has 0 aromatic heterocycles. The van der Waals surface area contributed by atoms with Crippen LogP contribution >= 0.6 is 0 Å². The molecule has 1 amide bonds. The van der Waals surface area contributed by atoms with E-state index in [4.69, 9.17) is 4.74 Å². The molecule has 3 nitrogen and oxygen atoms in total. The van der Waals surface area contributed by atoms with Crippen molar-refractivity contribution in [3.05, 3.63) is 35.9 Å². The lowest BCUT2D eigenvalue weighted by molar-refractivity contribution is -0.115. The van der Waals surface area contributed by atoms with Gasteiger partial charge in [0.1, 0.15) is 0 Å². The van der Waals surface area contributed by atoms with Crippen molar-refractivity contribution in [2.24, 2.45) is 4.99 Å². The number of rotatable bonds is 3. The minimum Gasteiger partial charge on any atom is -0.481 e. The monoisotopic (exact) mass is 205 g/mol. The zero-order valence-electron chi connectivity index (χ0n) is 9.06. The lowest BCUT2D eigenvalue weighted by atomic mass is 10.1. The first-order valence-electron chi connectivity index (χ1n) is 4.97. The van der Waals surface area contributed by atoms with Gasteiger partial charge in [0.05, 0.1) is 6.61 Å². The Morgan fingerprint density at radius 3 is 2.53 bits per heavy atom. The number of carbonyl (C=O) groups excluding carboxylic acids is 1. The number of amides is 1. The minimum atomic E-state index is -0.227. The lowest BCUT2D eigenvalue weighted by Gasteiger charge is -2.06. The molecule has 0 heterocycles. The molecule has 0 fully saturated rings. The van der Waals surface area contributed by atoms with Crippen LogP contribution in [0.15, 0.2) is 35.3 Å². The van der Waals surface area contributed by atoms with Gasteiger partial charge in [-0.2, -0.15) is 4.99 Å². The largest absolute Gasteiger partial charge is 0.481 e. The van der Waals surface area contributed by atoms with Gasteiger partial charge in [-0.05, 0) is 12.5 Å². The quantitative estimate of drug-likeness (QED) is 0.560. The molecule has 0 bridgehead atoms. The fraction of sp³-hybridized carbons (Fsp3) is 0.333. The summed E-state index contributed by atoms with van der Waals surface area (Å²) in [5, 5.41) is 0. The normalized spacial score (nSPS) is 11.2. The summed E-state index contributed by atoms with van der Waals surface area (Å²) >= 11 is 0. The molecule has 0 spiro atoms. The van der Waals surface area contributed by atoms with Crippen LogP contribution in [0.4, 0.5) is 0 Å². The van der Waals surface area contributed by atoms with Crippen molar-refractivity contribution < 1.29 is 9.53 Å². The van der Waals surface area contributed by atoms with Gasteiger partial charge < -0.3 is 4.74 Å². The summed E-state index contributed by atoms with van der Waals surface area (Å²) in [5.41, 5.74) is 1.09. The molecule has 1 rings (SSSR count). The van der Waals surface area contributed by atoms with Gasteiger partial charge in [-0.1, -0.05) is 30.3 Å². The molecule has 3 heteroatoms. The van der Waals surface area contributed by atoms with Gasteiger partial charge in [0.2, 0.25) is 5.91 Å². The van der Waals surface area contributed by atoms with Crippen molar-refractivity contribution in [3.8, 4) is 0 Å². The molecule has 15 heavy (non-hydrogen) atoms. The summed E-state index contributed by atoms with van der Waals surface area (Å²) in [7, 11) is 0. The smallest absolute Gasteiger partial charge is 0.245 e. The number of nitrogens with zero attached hydrogens (tertiary/aromatic N) is 1.